The number of carbonyl (C=O) groups excluding carboxylic acids is 2. The van der Waals surface area contributed by atoms with Gasteiger partial charge >= 0.3 is 12.1 Å². The molecule has 0 bridgehead atoms. The van der Waals surface area contributed by atoms with Crippen LogP contribution in [-0.4, -0.2) is 65.9 Å². The first-order valence-corrected chi connectivity index (χ1v) is 12.1. The molecule has 5 rings (SSSR count). The highest BCUT2D eigenvalue weighted by atomic mass is 16.5. The molecule has 1 saturated heterocycles. The van der Waals surface area contributed by atoms with Crippen LogP contribution in [0.4, 0.5) is 4.79 Å². The van der Waals surface area contributed by atoms with E-state index in [1.807, 2.05) is 31.2 Å². The van der Waals surface area contributed by atoms with Gasteiger partial charge < -0.3 is 24.8 Å². The summed E-state index contributed by atoms with van der Waals surface area (Å²) in [6.07, 6.45) is 0.381. The predicted molar refractivity (Wildman–Crippen MR) is 128 cm³/mol. The number of hydrogen-bond acceptors (Lipinski definition) is 5. The van der Waals surface area contributed by atoms with Gasteiger partial charge in [-0.15, -0.1) is 0 Å². The number of morpholine rings is 1. The predicted octanol–water partition coefficient (Wildman–Crippen LogP) is 3.40. The van der Waals surface area contributed by atoms with Crippen molar-refractivity contribution in [2.24, 2.45) is 5.92 Å². The van der Waals surface area contributed by atoms with Gasteiger partial charge in [-0.3, -0.25) is 4.79 Å². The van der Waals surface area contributed by atoms with Gasteiger partial charge in [0.15, 0.2) is 6.10 Å². The number of alkyl carbamates (subject to hydrolysis) is 1. The fraction of sp³-hybridized carbons (Fsp3) is 0.444. The maximum atomic E-state index is 13.0. The van der Waals surface area contributed by atoms with E-state index in [4.69, 9.17) is 9.47 Å². The monoisotopic (exact) mass is 478 g/mol. The molecule has 2 aliphatic carbocycles. The molecule has 2 amide bonds. The highest BCUT2D eigenvalue weighted by molar-refractivity contribution is 5.81. The summed E-state index contributed by atoms with van der Waals surface area (Å²) in [5.41, 5.74) is 3.85. The topological polar surface area (TPSA) is 105 Å². The lowest BCUT2D eigenvalue weighted by Gasteiger charge is -2.35. The number of amides is 2. The van der Waals surface area contributed by atoms with Gasteiger partial charge in [-0.2, -0.15) is 0 Å². The average molecular weight is 479 g/mol. The third kappa shape index (κ3) is 4.75. The van der Waals surface area contributed by atoms with Crippen LogP contribution in [0.3, 0.4) is 0 Å². The minimum absolute atomic E-state index is 0.0137. The summed E-state index contributed by atoms with van der Waals surface area (Å²) >= 11 is 0. The van der Waals surface area contributed by atoms with Gasteiger partial charge in [0.05, 0.1) is 25.1 Å². The van der Waals surface area contributed by atoms with Gasteiger partial charge in [0.1, 0.15) is 6.61 Å². The summed E-state index contributed by atoms with van der Waals surface area (Å²) < 4.78 is 10.9. The second kappa shape index (κ2) is 9.34. The summed E-state index contributed by atoms with van der Waals surface area (Å²) in [6, 6.07) is 16.3. The zero-order valence-electron chi connectivity index (χ0n) is 19.7. The van der Waals surface area contributed by atoms with E-state index in [9.17, 15) is 19.5 Å². The zero-order chi connectivity index (χ0) is 24.6. The number of benzene rings is 2. The van der Waals surface area contributed by atoms with Crippen LogP contribution in [-0.2, 0) is 19.1 Å². The lowest BCUT2D eigenvalue weighted by atomic mass is 9.91. The standard InChI is InChI=1S/C27H30N2O6/c1-27(17-10-11-17,14-24(30)29-12-13-34-23(15-29)25(31)32)28-26(33)35-16-22-20-8-4-2-6-18(20)19-7-3-5-9-21(19)22/h2-9,17,22-23H,10-16H2,1H3,(H,28,33)(H,31,32). The van der Waals surface area contributed by atoms with Gasteiger partial charge in [-0.25, -0.2) is 9.59 Å². The van der Waals surface area contributed by atoms with Crippen molar-refractivity contribution < 1.29 is 29.0 Å². The molecule has 0 radical (unpaired) electrons. The SMILES string of the molecule is CC(CC(=O)N1CCOC(C(=O)O)C1)(NC(=O)OCC1c2ccccc2-c2ccccc21)C1CC1. The Morgan fingerprint density at radius 2 is 1.71 bits per heavy atom. The van der Waals surface area contributed by atoms with Crippen molar-refractivity contribution in [1.82, 2.24) is 10.2 Å². The van der Waals surface area contributed by atoms with Crippen molar-refractivity contribution in [2.75, 3.05) is 26.3 Å². The van der Waals surface area contributed by atoms with E-state index in [0.29, 0.717) is 6.54 Å². The molecule has 0 spiro atoms. The second-order valence-electron chi connectivity index (χ2n) is 9.86. The van der Waals surface area contributed by atoms with E-state index >= 15 is 0 Å². The first kappa shape index (κ1) is 23.4. The molecule has 2 aromatic carbocycles. The van der Waals surface area contributed by atoms with E-state index in [-0.39, 0.29) is 43.9 Å². The fourth-order valence-electron chi connectivity index (χ4n) is 5.33. The van der Waals surface area contributed by atoms with Crippen molar-refractivity contribution >= 4 is 18.0 Å². The number of ether oxygens (including phenoxy) is 2. The minimum atomic E-state index is -1.08. The Hall–Kier alpha value is -3.39. The van der Waals surface area contributed by atoms with Crippen LogP contribution in [0.15, 0.2) is 48.5 Å². The highest BCUT2D eigenvalue weighted by Gasteiger charge is 2.45. The zero-order valence-corrected chi connectivity index (χ0v) is 19.7. The summed E-state index contributed by atoms with van der Waals surface area (Å²) in [6.45, 7) is 2.62. The molecule has 2 fully saturated rings. The van der Waals surface area contributed by atoms with E-state index in [0.717, 1.165) is 35.1 Å². The average Bonchev–Trinajstić information content (AvgIpc) is 3.67. The number of rotatable bonds is 7. The molecule has 2 atom stereocenters. The van der Waals surface area contributed by atoms with E-state index < -0.39 is 23.7 Å². The summed E-state index contributed by atoms with van der Waals surface area (Å²) in [5, 5.41) is 12.2. The Balaban J connectivity index is 1.23. The minimum Gasteiger partial charge on any atom is -0.479 e. The van der Waals surface area contributed by atoms with Crippen LogP contribution in [0.2, 0.25) is 0 Å². The number of aliphatic carboxylic acids is 1. The first-order valence-electron chi connectivity index (χ1n) is 12.1. The molecule has 8 nitrogen and oxygen atoms in total. The van der Waals surface area contributed by atoms with Gasteiger partial charge in [0, 0.05) is 12.5 Å². The third-order valence-corrected chi connectivity index (χ3v) is 7.42. The number of carboxylic acid groups (broad SMARTS) is 1. The summed E-state index contributed by atoms with van der Waals surface area (Å²) in [4.78, 5) is 38.7. The molecule has 1 saturated carbocycles. The van der Waals surface area contributed by atoms with Crippen molar-refractivity contribution in [3.8, 4) is 11.1 Å². The number of hydrogen-bond donors (Lipinski definition) is 2. The van der Waals surface area contributed by atoms with Crippen molar-refractivity contribution in [1.29, 1.82) is 0 Å². The molecular weight excluding hydrogens is 448 g/mol. The highest BCUT2D eigenvalue weighted by Crippen LogP contribution is 2.45. The Kier molecular flexibility index (Phi) is 6.23. The number of carboxylic acids is 1. The van der Waals surface area contributed by atoms with Crippen LogP contribution in [0, 0.1) is 5.92 Å². The molecule has 184 valence electrons. The number of nitrogens with zero attached hydrogens (tertiary/aromatic N) is 1. The molecule has 2 aromatic rings. The van der Waals surface area contributed by atoms with E-state index in [2.05, 4.69) is 29.6 Å². The largest absolute Gasteiger partial charge is 0.479 e. The summed E-state index contributed by atoms with van der Waals surface area (Å²) in [5.74, 6) is -1.12. The fourth-order valence-corrected chi connectivity index (χ4v) is 5.33. The van der Waals surface area contributed by atoms with Gasteiger partial charge in [0.25, 0.3) is 0 Å². The Morgan fingerprint density at radius 3 is 2.31 bits per heavy atom. The van der Waals surface area contributed by atoms with Crippen LogP contribution < -0.4 is 5.32 Å². The van der Waals surface area contributed by atoms with Crippen molar-refractivity contribution in [2.45, 2.75) is 43.7 Å². The molecule has 2 N–H and O–H groups in total. The second-order valence-corrected chi connectivity index (χ2v) is 9.86. The summed E-state index contributed by atoms with van der Waals surface area (Å²) in [7, 11) is 0. The number of carbonyl (C=O) groups is 3. The molecule has 1 heterocycles. The molecule has 3 aliphatic rings. The number of fused-ring (bicyclic) bond motifs is 3. The van der Waals surface area contributed by atoms with Crippen LogP contribution in [0.25, 0.3) is 11.1 Å². The van der Waals surface area contributed by atoms with Crippen molar-refractivity contribution in [3.63, 3.8) is 0 Å². The molecule has 0 aromatic heterocycles. The smallest absolute Gasteiger partial charge is 0.407 e. The van der Waals surface area contributed by atoms with E-state index in [1.165, 1.54) is 4.90 Å². The number of nitrogens with one attached hydrogen (secondary N) is 1. The molecule has 2 unspecified atom stereocenters. The lowest BCUT2D eigenvalue weighted by Crippen LogP contribution is -2.54. The normalized spacial score (nSPS) is 20.9. The Bertz CT molecular complexity index is 1100. The van der Waals surface area contributed by atoms with E-state index in [1.54, 1.807) is 0 Å². The quantitative estimate of drug-likeness (QED) is 0.632. The Morgan fingerprint density at radius 1 is 1.09 bits per heavy atom. The molecule has 8 heteroatoms. The lowest BCUT2D eigenvalue weighted by molar-refractivity contribution is -0.159. The molecule has 1 aliphatic heterocycles. The third-order valence-electron chi connectivity index (χ3n) is 7.42. The van der Waals surface area contributed by atoms with Crippen molar-refractivity contribution in [3.05, 3.63) is 59.7 Å². The van der Waals surface area contributed by atoms with Gasteiger partial charge in [0.2, 0.25) is 5.91 Å². The van der Waals surface area contributed by atoms with Gasteiger partial charge in [-0.1, -0.05) is 48.5 Å². The maximum Gasteiger partial charge on any atom is 0.407 e. The Labute approximate surface area is 204 Å². The molecular formula is C27H30N2O6. The maximum absolute atomic E-state index is 13.0. The van der Waals surface area contributed by atoms with Gasteiger partial charge in [-0.05, 0) is 47.9 Å². The van der Waals surface area contributed by atoms with Crippen LogP contribution in [0.1, 0.15) is 43.2 Å². The first-order chi connectivity index (χ1) is 16.9. The van der Waals surface area contributed by atoms with Crippen LogP contribution in [0.5, 0.6) is 0 Å². The van der Waals surface area contributed by atoms with Crippen LogP contribution >= 0.6 is 0 Å². The molecule has 35 heavy (non-hydrogen) atoms.